The molecule has 0 aromatic rings. The van der Waals surface area contributed by atoms with Crippen molar-refractivity contribution in [3.05, 3.63) is 0 Å². The van der Waals surface area contributed by atoms with Gasteiger partial charge in [0.15, 0.2) is 0 Å². The largest absolute Gasteiger partial charge is 0.329 e. The molecule has 1 heterocycles. The summed E-state index contributed by atoms with van der Waals surface area (Å²) in [5.74, 6) is 5.58. The second-order valence-corrected chi connectivity index (χ2v) is 20.9. The quantitative estimate of drug-likeness (QED) is 0.154. The number of hydrogen-bond donors (Lipinski definition) is 5. The molecule has 0 amide bonds. The fourth-order valence-corrected chi connectivity index (χ4v) is 10.9. The van der Waals surface area contributed by atoms with E-state index < -0.39 is 0 Å². The van der Waals surface area contributed by atoms with E-state index >= 15 is 0 Å². The number of nitrogens with one attached hydrogen (secondary N) is 2. The van der Waals surface area contributed by atoms with Crippen LogP contribution in [0.4, 0.5) is 0 Å². The molecule has 16 heteroatoms. The first-order chi connectivity index (χ1) is 26.8. The standard InChI is InChI=1S/C39H90N12S4/c1-43-15-9-39-10-19-49(29-25-46(3)20-12-40)28-24-45(2)18-7-6-8-35-52-55-38-34-50(22-14-42)32-33-51(30-26-47(4)21-13-41)31-27-48(5)23-16-44-17-37-54-53-36-11-39/h39,43-44H,6-38,40-42H2,1-5H3. The molecule has 0 aromatic heterocycles. The summed E-state index contributed by atoms with van der Waals surface area (Å²) in [6, 6.07) is 0. The topological polar surface area (TPSA) is 125 Å². The monoisotopic (exact) mass is 855 g/mol. The molecule has 0 aliphatic carbocycles. The van der Waals surface area contributed by atoms with Gasteiger partial charge < -0.3 is 52.3 Å². The zero-order valence-corrected chi connectivity index (χ0v) is 39.7. The number of rotatable bonds is 15. The molecule has 0 aromatic carbocycles. The number of nitrogens with two attached hydrogens (primary N) is 3. The van der Waals surface area contributed by atoms with Crippen LogP contribution in [0.2, 0.25) is 0 Å². The van der Waals surface area contributed by atoms with Crippen LogP contribution in [-0.4, -0.2) is 243 Å². The molecule has 1 rings (SSSR count). The molecule has 8 N–H and O–H groups in total. The average molecular weight is 856 g/mol. The van der Waals surface area contributed by atoms with E-state index in [9.17, 15) is 0 Å². The van der Waals surface area contributed by atoms with Crippen molar-refractivity contribution >= 4 is 43.2 Å². The van der Waals surface area contributed by atoms with Crippen LogP contribution in [0.15, 0.2) is 0 Å². The van der Waals surface area contributed by atoms with Crippen LogP contribution >= 0.6 is 43.2 Å². The molecule has 0 saturated carbocycles. The van der Waals surface area contributed by atoms with E-state index in [-0.39, 0.29) is 0 Å². The Kier molecular flexibility index (Phi) is 38.3. The first-order valence-corrected chi connectivity index (χ1v) is 26.6. The summed E-state index contributed by atoms with van der Waals surface area (Å²) >= 11 is 0. The Hall–Kier alpha value is 0.920. The van der Waals surface area contributed by atoms with E-state index in [1.807, 2.05) is 21.6 Å². The smallest absolute Gasteiger partial charge is 0.0165 e. The minimum Gasteiger partial charge on any atom is -0.329 e. The van der Waals surface area contributed by atoms with Crippen molar-refractivity contribution in [3.63, 3.8) is 0 Å². The molecule has 1 unspecified atom stereocenters. The summed E-state index contributed by atoms with van der Waals surface area (Å²) in [5.41, 5.74) is 17.8. The highest BCUT2D eigenvalue weighted by atomic mass is 33.1. The molecule has 1 saturated heterocycles. The van der Waals surface area contributed by atoms with Crippen LogP contribution in [0.3, 0.4) is 0 Å². The summed E-state index contributed by atoms with van der Waals surface area (Å²) in [4.78, 5) is 17.8. The van der Waals surface area contributed by atoms with Gasteiger partial charge >= 0.3 is 0 Å². The van der Waals surface area contributed by atoms with Gasteiger partial charge in [-0.15, -0.1) is 0 Å². The van der Waals surface area contributed by atoms with Crippen molar-refractivity contribution in [1.29, 1.82) is 0 Å². The third-order valence-corrected chi connectivity index (χ3v) is 15.5. The lowest BCUT2D eigenvalue weighted by Crippen LogP contribution is -2.44. The first kappa shape index (κ1) is 53.9. The van der Waals surface area contributed by atoms with Gasteiger partial charge in [0.2, 0.25) is 0 Å². The maximum atomic E-state index is 6.07. The molecule has 1 fully saturated rings. The molecule has 12 nitrogen and oxygen atoms in total. The van der Waals surface area contributed by atoms with Crippen molar-refractivity contribution in [2.75, 3.05) is 209 Å². The van der Waals surface area contributed by atoms with Crippen LogP contribution in [0.5, 0.6) is 0 Å². The SMILES string of the molecule is CNCCC1CCSSCCNCCN(C)CCN(CCN(C)CCN)CCN(CCN)CCSSCCCCCN(C)CCN(CCN(C)CCN)CC1. The minimum atomic E-state index is 0.715. The molecule has 1 aliphatic heterocycles. The summed E-state index contributed by atoms with van der Waals surface area (Å²) in [6.07, 6.45) is 7.77. The van der Waals surface area contributed by atoms with Gasteiger partial charge in [-0.1, -0.05) is 49.6 Å². The van der Waals surface area contributed by atoms with E-state index in [1.165, 1.54) is 63.1 Å². The summed E-state index contributed by atoms with van der Waals surface area (Å²) in [5, 5.41) is 7.12. The molecule has 55 heavy (non-hydrogen) atoms. The van der Waals surface area contributed by atoms with Gasteiger partial charge in [-0.3, -0.25) is 9.80 Å². The Balaban J connectivity index is 2.77. The van der Waals surface area contributed by atoms with E-state index in [0.29, 0.717) is 6.54 Å². The second kappa shape index (κ2) is 39.1. The second-order valence-electron chi connectivity index (χ2n) is 15.5. The Morgan fingerprint density at radius 1 is 0.564 bits per heavy atom. The molecule has 0 spiro atoms. The van der Waals surface area contributed by atoms with Crippen LogP contribution < -0.4 is 27.8 Å². The summed E-state index contributed by atoms with van der Waals surface area (Å²) < 4.78 is 0. The molecule has 0 bridgehead atoms. The van der Waals surface area contributed by atoms with E-state index in [1.54, 1.807) is 0 Å². The van der Waals surface area contributed by atoms with Crippen LogP contribution in [0, 0.1) is 5.92 Å². The van der Waals surface area contributed by atoms with Gasteiger partial charge in [-0.2, -0.15) is 0 Å². The molecule has 1 atom stereocenters. The van der Waals surface area contributed by atoms with Gasteiger partial charge in [0.05, 0.1) is 0 Å². The van der Waals surface area contributed by atoms with Crippen LogP contribution in [0.1, 0.15) is 38.5 Å². The average Bonchev–Trinajstić information content (AvgIpc) is 3.17. The number of hydrogen-bond acceptors (Lipinski definition) is 16. The molecular formula is C39H90N12S4. The van der Waals surface area contributed by atoms with Crippen molar-refractivity contribution in [2.45, 2.75) is 38.5 Å². The van der Waals surface area contributed by atoms with Crippen LogP contribution in [0.25, 0.3) is 0 Å². The van der Waals surface area contributed by atoms with E-state index in [0.717, 1.165) is 148 Å². The first-order valence-electron chi connectivity index (χ1n) is 21.7. The number of likely N-dealkylation sites (N-methyl/N-ethyl adjacent to an activating group) is 4. The van der Waals surface area contributed by atoms with Crippen molar-refractivity contribution < 1.29 is 0 Å². The predicted molar refractivity (Wildman–Crippen MR) is 254 cm³/mol. The van der Waals surface area contributed by atoms with Crippen molar-refractivity contribution in [1.82, 2.24) is 44.9 Å². The highest BCUT2D eigenvalue weighted by Crippen LogP contribution is 2.25. The van der Waals surface area contributed by atoms with Crippen molar-refractivity contribution in [2.24, 2.45) is 23.1 Å². The lowest BCUT2D eigenvalue weighted by molar-refractivity contribution is 0.174. The third kappa shape index (κ3) is 33.3. The van der Waals surface area contributed by atoms with E-state index in [2.05, 4.69) is 102 Å². The molecular weight excluding hydrogens is 765 g/mol. The fraction of sp³-hybridized carbons (Fsp3) is 1.00. The molecule has 0 radical (unpaired) electrons. The normalized spacial score (nSPS) is 22.5. The van der Waals surface area contributed by atoms with Gasteiger partial charge in [0.1, 0.15) is 0 Å². The van der Waals surface area contributed by atoms with Crippen LogP contribution in [-0.2, 0) is 0 Å². The van der Waals surface area contributed by atoms with E-state index in [4.69, 9.17) is 17.2 Å². The molecule has 1 aliphatic rings. The highest BCUT2D eigenvalue weighted by molar-refractivity contribution is 8.77. The van der Waals surface area contributed by atoms with Gasteiger partial charge in [-0.25, -0.2) is 0 Å². The minimum absolute atomic E-state index is 0.715. The fourth-order valence-electron chi connectivity index (χ4n) is 6.60. The van der Waals surface area contributed by atoms with Gasteiger partial charge in [-0.05, 0) is 92.9 Å². The Bertz CT molecular complexity index is 814. The summed E-state index contributed by atoms with van der Waals surface area (Å²) in [7, 11) is 19.3. The Labute approximate surface area is 356 Å². The highest BCUT2D eigenvalue weighted by Gasteiger charge is 2.15. The third-order valence-electron chi connectivity index (χ3n) is 10.6. The lowest BCUT2D eigenvalue weighted by Gasteiger charge is -2.30. The zero-order valence-electron chi connectivity index (χ0n) is 36.4. The van der Waals surface area contributed by atoms with Gasteiger partial charge in [0.25, 0.3) is 0 Å². The predicted octanol–water partition coefficient (Wildman–Crippen LogP) is 2.04. The number of nitrogens with zero attached hydrogens (tertiary/aromatic N) is 7. The summed E-state index contributed by atoms with van der Waals surface area (Å²) in [6.45, 7) is 23.9. The van der Waals surface area contributed by atoms with Gasteiger partial charge in [0, 0.05) is 154 Å². The maximum Gasteiger partial charge on any atom is 0.0165 e. The maximum absolute atomic E-state index is 6.07. The lowest BCUT2D eigenvalue weighted by atomic mass is 9.98. The van der Waals surface area contributed by atoms with Crippen molar-refractivity contribution in [3.8, 4) is 0 Å². The zero-order chi connectivity index (χ0) is 40.2. The molecule has 330 valence electrons. The Morgan fingerprint density at radius 3 is 1.80 bits per heavy atom. The Morgan fingerprint density at radius 2 is 1.15 bits per heavy atom.